The number of piperidine rings is 1. The summed E-state index contributed by atoms with van der Waals surface area (Å²) < 4.78 is 0. The van der Waals surface area contributed by atoms with Gasteiger partial charge in [0.15, 0.2) is 0 Å². The number of nitrogens with one attached hydrogen (secondary N) is 3. The number of H-pyrrole nitrogens is 1. The van der Waals surface area contributed by atoms with Crippen molar-refractivity contribution in [1.82, 2.24) is 15.6 Å². The van der Waals surface area contributed by atoms with Crippen LogP contribution in [0, 0.1) is 11.8 Å². The van der Waals surface area contributed by atoms with Crippen molar-refractivity contribution in [2.24, 2.45) is 11.8 Å². The Balaban J connectivity index is 0.000000963. The van der Waals surface area contributed by atoms with Crippen molar-refractivity contribution >= 4 is 29.9 Å². The zero-order chi connectivity index (χ0) is 10.4. The van der Waals surface area contributed by atoms with Crippen molar-refractivity contribution < 1.29 is 4.79 Å². The summed E-state index contributed by atoms with van der Waals surface area (Å²) in [4.78, 5) is 14.6. The number of carbonyl (C=O) groups is 1. The van der Waals surface area contributed by atoms with Crippen molar-refractivity contribution in [3.05, 3.63) is 23.0 Å². The van der Waals surface area contributed by atoms with Gasteiger partial charge in [-0.1, -0.05) is 11.6 Å². The molecule has 0 radical (unpaired) electrons. The number of aromatic nitrogens is 1. The van der Waals surface area contributed by atoms with Gasteiger partial charge in [-0.2, -0.15) is 0 Å². The molecule has 2 aliphatic rings. The molecule has 6 heteroatoms. The first-order chi connectivity index (χ1) is 7.25. The van der Waals surface area contributed by atoms with Gasteiger partial charge in [0.25, 0.3) is 5.91 Å². The molecule has 3 rings (SSSR count). The number of fused-ring (bicyclic) bond motifs is 1. The maximum atomic E-state index is 11.7. The van der Waals surface area contributed by atoms with Crippen molar-refractivity contribution in [2.45, 2.75) is 6.04 Å². The predicted molar refractivity (Wildman–Crippen MR) is 64.2 cm³/mol. The van der Waals surface area contributed by atoms with Crippen LogP contribution in [0.15, 0.2) is 12.3 Å². The molecule has 16 heavy (non-hydrogen) atoms. The second-order valence-corrected chi connectivity index (χ2v) is 4.65. The highest BCUT2D eigenvalue weighted by Gasteiger charge is 2.53. The Bertz CT molecular complexity index is 397. The zero-order valence-corrected chi connectivity index (χ0v) is 10.1. The lowest BCUT2D eigenvalue weighted by Crippen LogP contribution is -2.32. The highest BCUT2D eigenvalue weighted by atomic mass is 35.5. The minimum atomic E-state index is -0.0544. The van der Waals surface area contributed by atoms with Gasteiger partial charge < -0.3 is 15.6 Å². The van der Waals surface area contributed by atoms with Crippen LogP contribution in [0.3, 0.4) is 0 Å². The monoisotopic (exact) mass is 261 g/mol. The second kappa shape index (κ2) is 4.28. The van der Waals surface area contributed by atoms with Gasteiger partial charge in [-0.25, -0.2) is 0 Å². The van der Waals surface area contributed by atoms with Crippen LogP contribution in [-0.4, -0.2) is 30.0 Å². The normalized spacial score (nSPS) is 30.4. The molecule has 88 valence electrons. The molecule has 2 fully saturated rings. The maximum Gasteiger partial charge on any atom is 0.267 e. The largest absolute Gasteiger partial charge is 0.356 e. The van der Waals surface area contributed by atoms with Crippen LogP contribution in [0.2, 0.25) is 5.02 Å². The van der Waals surface area contributed by atoms with Crippen LogP contribution in [0.25, 0.3) is 0 Å². The molecule has 0 spiro atoms. The number of aromatic amines is 1. The van der Waals surface area contributed by atoms with Crippen LogP contribution >= 0.6 is 24.0 Å². The van der Waals surface area contributed by atoms with Crippen LogP contribution in [0.5, 0.6) is 0 Å². The van der Waals surface area contributed by atoms with E-state index in [0.717, 1.165) is 13.1 Å². The number of carbonyl (C=O) groups excluding carboxylic acids is 1. The first-order valence-corrected chi connectivity index (χ1v) is 5.49. The van der Waals surface area contributed by atoms with Crippen LogP contribution in [-0.2, 0) is 0 Å². The van der Waals surface area contributed by atoms with Crippen LogP contribution in [0.4, 0.5) is 0 Å². The summed E-state index contributed by atoms with van der Waals surface area (Å²) >= 11 is 5.73. The molecule has 1 aromatic rings. The Morgan fingerprint density at radius 2 is 2.12 bits per heavy atom. The summed E-state index contributed by atoms with van der Waals surface area (Å²) in [6.45, 7) is 2.06. The first kappa shape index (κ1) is 11.8. The fourth-order valence-corrected chi connectivity index (χ4v) is 2.52. The Morgan fingerprint density at radius 3 is 2.69 bits per heavy atom. The predicted octanol–water partition coefficient (Wildman–Crippen LogP) is 1.04. The third kappa shape index (κ3) is 1.93. The number of halogens is 2. The molecule has 2 atom stereocenters. The van der Waals surface area contributed by atoms with Gasteiger partial charge in [0, 0.05) is 25.3 Å². The molecule has 3 N–H and O–H groups in total. The lowest BCUT2D eigenvalue weighted by Gasteiger charge is -2.06. The molecular weight excluding hydrogens is 249 g/mol. The second-order valence-electron chi connectivity index (χ2n) is 4.22. The summed E-state index contributed by atoms with van der Waals surface area (Å²) in [7, 11) is 0. The number of hydrogen-bond donors (Lipinski definition) is 3. The summed E-state index contributed by atoms with van der Waals surface area (Å²) in [6.07, 6.45) is 1.62. The van der Waals surface area contributed by atoms with Crippen LogP contribution < -0.4 is 10.6 Å². The Hall–Kier alpha value is -0.710. The van der Waals surface area contributed by atoms with Crippen molar-refractivity contribution in [2.75, 3.05) is 13.1 Å². The van der Waals surface area contributed by atoms with Gasteiger partial charge in [0.05, 0.1) is 5.02 Å². The first-order valence-electron chi connectivity index (χ1n) is 5.11. The van der Waals surface area contributed by atoms with Gasteiger partial charge in [-0.3, -0.25) is 4.79 Å². The standard InChI is InChI=1S/C10H12ClN3O.ClH/c11-5-1-8(13-2-5)10(15)14-9-6-3-12-4-7(6)9;/h1-2,6-7,9,12-13H,3-4H2,(H,14,15);1H. The molecule has 1 aromatic heterocycles. The quantitative estimate of drug-likeness (QED) is 0.745. The molecule has 4 nitrogen and oxygen atoms in total. The van der Waals surface area contributed by atoms with Gasteiger partial charge in [-0.05, 0) is 17.9 Å². The van der Waals surface area contributed by atoms with Gasteiger partial charge in [0.1, 0.15) is 5.69 Å². The van der Waals surface area contributed by atoms with E-state index in [1.54, 1.807) is 12.3 Å². The fraction of sp³-hybridized carbons (Fsp3) is 0.500. The Labute approximate surface area is 105 Å². The fourth-order valence-electron chi connectivity index (χ4n) is 2.36. The zero-order valence-electron chi connectivity index (χ0n) is 8.50. The third-order valence-corrected chi connectivity index (χ3v) is 3.50. The SMILES string of the molecule is Cl.O=C(NC1C2CNCC21)c1cc(Cl)c[nH]1. The topological polar surface area (TPSA) is 56.9 Å². The molecule has 1 aliphatic heterocycles. The van der Waals surface area contributed by atoms with Gasteiger partial charge in [0.2, 0.25) is 0 Å². The molecule has 1 amide bonds. The molecule has 0 aromatic carbocycles. The molecule has 2 unspecified atom stereocenters. The van der Waals surface area contributed by atoms with E-state index in [1.807, 2.05) is 0 Å². The molecular formula is C10H13Cl2N3O. The highest BCUT2D eigenvalue weighted by Crippen LogP contribution is 2.41. The van der Waals surface area contributed by atoms with Crippen LogP contribution in [0.1, 0.15) is 10.5 Å². The molecule has 0 bridgehead atoms. The molecule has 1 aliphatic carbocycles. The Morgan fingerprint density at radius 1 is 1.44 bits per heavy atom. The van der Waals surface area contributed by atoms with Gasteiger partial charge >= 0.3 is 0 Å². The van der Waals surface area contributed by atoms with E-state index >= 15 is 0 Å². The summed E-state index contributed by atoms with van der Waals surface area (Å²) in [6, 6.07) is 2.01. The third-order valence-electron chi connectivity index (χ3n) is 3.28. The van der Waals surface area contributed by atoms with E-state index in [-0.39, 0.29) is 18.3 Å². The van der Waals surface area contributed by atoms with Crippen molar-refractivity contribution in [1.29, 1.82) is 0 Å². The highest BCUT2D eigenvalue weighted by molar-refractivity contribution is 6.30. The van der Waals surface area contributed by atoms with E-state index in [9.17, 15) is 4.79 Å². The molecule has 2 heterocycles. The van der Waals surface area contributed by atoms with E-state index in [4.69, 9.17) is 11.6 Å². The number of rotatable bonds is 2. The smallest absolute Gasteiger partial charge is 0.267 e. The van der Waals surface area contributed by atoms with Crippen molar-refractivity contribution in [3.63, 3.8) is 0 Å². The average molecular weight is 262 g/mol. The molecule has 1 saturated carbocycles. The summed E-state index contributed by atoms with van der Waals surface area (Å²) in [5.41, 5.74) is 0.540. The van der Waals surface area contributed by atoms with E-state index in [0.29, 0.717) is 28.6 Å². The number of amides is 1. The lowest BCUT2D eigenvalue weighted by molar-refractivity contribution is 0.0942. The summed E-state index contributed by atoms with van der Waals surface area (Å²) in [5, 5.41) is 6.87. The summed E-state index contributed by atoms with van der Waals surface area (Å²) in [5.74, 6) is 1.22. The number of hydrogen-bond acceptors (Lipinski definition) is 2. The van der Waals surface area contributed by atoms with E-state index in [1.165, 1.54) is 0 Å². The Kier molecular flexibility index (Phi) is 3.15. The lowest BCUT2D eigenvalue weighted by atomic mass is 10.3. The van der Waals surface area contributed by atoms with Crippen molar-refractivity contribution in [3.8, 4) is 0 Å². The average Bonchev–Trinajstić information content (AvgIpc) is 2.66. The van der Waals surface area contributed by atoms with E-state index < -0.39 is 0 Å². The van der Waals surface area contributed by atoms with Gasteiger partial charge in [-0.15, -0.1) is 12.4 Å². The minimum absolute atomic E-state index is 0. The minimum Gasteiger partial charge on any atom is -0.356 e. The molecule has 1 saturated heterocycles. The van der Waals surface area contributed by atoms with E-state index in [2.05, 4.69) is 15.6 Å². The maximum absolute atomic E-state index is 11.7.